The largest absolute Gasteiger partial charge is 0.418 e. The molecule has 0 radical (unpaired) electrons. The Kier molecular flexibility index (Phi) is 6.27. The first-order valence-electron chi connectivity index (χ1n) is 7.15. The van der Waals surface area contributed by atoms with Crippen LogP contribution in [0.15, 0.2) is 30.3 Å². The van der Waals surface area contributed by atoms with Crippen LogP contribution in [-0.2, 0) is 16.0 Å². The highest BCUT2D eigenvalue weighted by atomic mass is 32.1. The fourth-order valence-electron chi connectivity index (χ4n) is 1.96. The van der Waals surface area contributed by atoms with Crippen LogP contribution in [0.4, 0.5) is 13.2 Å². The van der Waals surface area contributed by atoms with Gasteiger partial charge in [-0.2, -0.15) is 13.2 Å². The second-order valence-electron chi connectivity index (χ2n) is 4.96. The third-order valence-corrected chi connectivity index (χ3v) is 3.91. The minimum absolute atomic E-state index is 0.0397. The van der Waals surface area contributed by atoms with Crippen LogP contribution in [0.3, 0.4) is 0 Å². The molecule has 1 aromatic carbocycles. The number of amides is 1. The average Bonchev–Trinajstić information content (AvgIpc) is 2.93. The summed E-state index contributed by atoms with van der Waals surface area (Å²) in [6.45, 7) is 1.40. The highest BCUT2D eigenvalue weighted by molar-refractivity contribution is 7.11. The number of rotatable bonds is 7. The van der Waals surface area contributed by atoms with Crippen LogP contribution in [0.2, 0.25) is 0 Å². The maximum atomic E-state index is 13.1. The highest BCUT2D eigenvalue weighted by Crippen LogP contribution is 2.35. The first-order valence-corrected chi connectivity index (χ1v) is 7.97. The molecule has 0 bridgehead atoms. The molecule has 1 atom stereocenters. The SMILES string of the molecule is Cc1nnc(CCNC(=O)CO[C@@H](c2ccccc2)C(F)(F)F)s1. The van der Waals surface area contributed by atoms with Crippen molar-refractivity contribution in [1.82, 2.24) is 15.5 Å². The Morgan fingerprint density at radius 1 is 1.29 bits per heavy atom. The molecule has 0 saturated carbocycles. The monoisotopic (exact) mass is 359 g/mol. The summed E-state index contributed by atoms with van der Waals surface area (Å²) in [4.78, 5) is 11.7. The van der Waals surface area contributed by atoms with Crippen molar-refractivity contribution < 1.29 is 22.7 Å². The van der Waals surface area contributed by atoms with Gasteiger partial charge >= 0.3 is 6.18 Å². The topological polar surface area (TPSA) is 64.1 Å². The van der Waals surface area contributed by atoms with Gasteiger partial charge in [0.15, 0.2) is 6.10 Å². The molecule has 0 fully saturated rings. The highest BCUT2D eigenvalue weighted by Gasteiger charge is 2.42. The van der Waals surface area contributed by atoms with Gasteiger partial charge < -0.3 is 10.1 Å². The molecule has 1 heterocycles. The second-order valence-corrected chi connectivity index (χ2v) is 6.22. The van der Waals surface area contributed by atoms with Crippen molar-refractivity contribution in [3.63, 3.8) is 0 Å². The normalized spacial score (nSPS) is 12.8. The van der Waals surface area contributed by atoms with Gasteiger partial charge in [0.1, 0.15) is 16.6 Å². The zero-order chi connectivity index (χ0) is 17.6. The minimum atomic E-state index is -4.59. The molecule has 0 aliphatic rings. The molecular formula is C15H16F3N3O2S. The Hall–Kier alpha value is -2.00. The van der Waals surface area contributed by atoms with Crippen LogP contribution in [0, 0.1) is 6.92 Å². The van der Waals surface area contributed by atoms with E-state index in [2.05, 4.69) is 15.5 Å². The quantitative estimate of drug-likeness (QED) is 0.826. The van der Waals surface area contributed by atoms with Gasteiger partial charge in [-0.25, -0.2) is 0 Å². The molecule has 130 valence electrons. The predicted octanol–water partition coefficient (Wildman–Crippen LogP) is 2.83. The number of alkyl halides is 3. The summed E-state index contributed by atoms with van der Waals surface area (Å²) < 4.78 is 44.0. The van der Waals surface area contributed by atoms with E-state index in [1.807, 2.05) is 6.92 Å². The number of aromatic nitrogens is 2. The molecule has 1 amide bonds. The molecule has 24 heavy (non-hydrogen) atoms. The van der Waals surface area contributed by atoms with Crippen LogP contribution in [0.5, 0.6) is 0 Å². The molecule has 0 saturated heterocycles. The molecule has 0 aliphatic carbocycles. The number of aryl methyl sites for hydroxylation is 1. The van der Waals surface area contributed by atoms with Crippen molar-refractivity contribution >= 4 is 17.2 Å². The van der Waals surface area contributed by atoms with Crippen molar-refractivity contribution in [1.29, 1.82) is 0 Å². The lowest BCUT2D eigenvalue weighted by Crippen LogP contribution is -2.32. The fourth-order valence-corrected chi connectivity index (χ4v) is 2.67. The third-order valence-electron chi connectivity index (χ3n) is 3.01. The number of hydrogen-bond donors (Lipinski definition) is 1. The number of halogens is 3. The van der Waals surface area contributed by atoms with Crippen LogP contribution in [0.25, 0.3) is 0 Å². The van der Waals surface area contributed by atoms with Crippen LogP contribution in [0.1, 0.15) is 21.7 Å². The van der Waals surface area contributed by atoms with Crippen molar-refractivity contribution in [3.05, 3.63) is 45.9 Å². The molecule has 0 unspecified atom stereocenters. The first-order chi connectivity index (χ1) is 11.4. The van der Waals surface area contributed by atoms with Crippen molar-refractivity contribution in [2.24, 2.45) is 0 Å². The summed E-state index contributed by atoms with van der Waals surface area (Å²) in [5.41, 5.74) is -0.0397. The number of carbonyl (C=O) groups excluding carboxylic acids is 1. The van der Waals surface area contributed by atoms with Crippen molar-refractivity contribution in [2.75, 3.05) is 13.2 Å². The molecule has 2 rings (SSSR count). The Labute approximate surface area is 140 Å². The van der Waals surface area contributed by atoms with Crippen molar-refractivity contribution in [2.45, 2.75) is 25.6 Å². The summed E-state index contributed by atoms with van der Waals surface area (Å²) >= 11 is 1.40. The lowest BCUT2D eigenvalue weighted by Gasteiger charge is -2.21. The van der Waals surface area contributed by atoms with E-state index in [1.54, 1.807) is 6.07 Å². The van der Waals surface area contributed by atoms with Gasteiger partial charge in [0.2, 0.25) is 5.91 Å². The summed E-state index contributed by atoms with van der Waals surface area (Å²) in [7, 11) is 0. The van der Waals surface area contributed by atoms with E-state index >= 15 is 0 Å². The van der Waals surface area contributed by atoms with E-state index in [1.165, 1.54) is 35.6 Å². The molecule has 2 aromatic rings. The van der Waals surface area contributed by atoms with E-state index in [0.717, 1.165) is 10.0 Å². The zero-order valence-electron chi connectivity index (χ0n) is 12.8. The molecule has 1 N–H and O–H groups in total. The van der Waals surface area contributed by atoms with E-state index < -0.39 is 24.8 Å². The Balaban J connectivity index is 1.82. The summed E-state index contributed by atoms with van der Waals surface area (Å²) in [5, 5.41) is 11.8. The van der Waals surface area contributed by atoms with Gasteiger partial charge in [0.25, 0.3) is 0 Å². The van der Waals surface area contributed by atoms with Gasteiger partial charge in [-0.1, -0.05) is 30.3 Å². The standard InChI is InChI=1S/C15H16F3N3O2S/c1-10-20-21-13(24-10)7-8-19-12(22)9-23-14(15(16,17)18)11-5-3-2-4-6-11/h2-6,14H,7-9H2,1H3,(H,19,22)/t14-/m0/s1. The number of ether oxygens (including phenoxy) is 1. The number of benzene rings is 1. The molecule has 0 spiro atoms. The van der Waals surface area contributed by atoms with E-state index in [4.69, 9.17) is 4.74 Å². The smallest absolute Gasteiger partial charge is 0.354 e. The first kappa shape index (κ1) is 18.3. The van der Waals surface area contributed by atoms with Crippen molar-refractivity contribution in [3.8, 4) is 0 Å². The number of nitrogens with one attached hydrogen (secondary N) is 1. The molecule has 5 nitrogen and oxygen atoms in total. The minimum Gasteiger partial charge on any atom is -0.354 e. The van der Waals surface area contributed by atoms with Gasteiger partial charge in [0, 0.05) is 13.0 Å². The number of carbonyl (C=O) groups is 1. The number of nitrogens with zero attached hydrogens (tertiary/aromatic N) is 2. The lowest BCUT2D eigenvalue weighted by atomic mass is 10.1. The lowest BCUT2D eigenvalue weighted by molar-refractivity contribution is -0.223. The van der Waals surface area contributed by atoms with E-state index in [9.17, 15) is 18.0 Å². The fraction of sp³-hybridized carbons (Fsp3) is 0.400. The summed E-state index contributed by atoms with van der Waals surface area (Å²) in [6, 6.07) is 7.21. The second kappa shape index (κ2) is 8.20. The van der Waals surface area contributed by atoms with E-state index in [0.29, 0.717) is 6.42 Å². The van der Waals surface area contributed by atoms with E-state index in [-0.39, 0.29) is 12.1 Å². The van der Waals surface area contributed by atoms with Gasteiger partial charge in [-0.15, -0.1) is 21.5 Å². The Morgan fingerprint density at radius 2 is 2.00 bits per heavy atom. The Bertz CT molecular complexity index is 661. The maximum Gasteiger partial charge on any atom is 0.418 e. The third kappa shape index (κ3) is 5.57. The molecular weight excluding hydrogens is 343 g/mol. The van der Waals surface area contributed by atoms with Gasteiger partial charge in [0.05, 0.1) is 0 Å². The molecule has 9 heteroatoms. The summed E-state index contributed by atoms with van der Waals surface area (Å²) in [5.74, 6) is -0.610. The predicted molar refractivity (Wildman–Crippen MR) is 82.5 cm³/mol. The van der Waals surface area contributed by atoms with Crippen LogP contribution < -0.4 is 5.32 Å². The molecule has 0 aliphatic heterocycles. The number of hydrogen-bond acceptors (Lipinski definition) is 5. The zero-order valence-corrected chi connectivity index (χ0v) is 13.7. The van der Waals surface area contributed by atoms with Gasteiger partial charge in [-0.05, 0) is 12.5 Å². The Morgan fingerprint density at radius 3 is 2.58 bits per heavy atom. The van der Waals surface area contributed by atoms with Crippen LogP contribution >= 0.6 is 11.3 Å². The maximum absolute atomic E-state index is 13.1. The van der Waals surface area contributed by atoms with Gasteiger partial charge in [-0.3, -0.25) is 4.79 Å². The van der Waals surface area contributed by atoms with Crippen LogP contribution in [-0.4, -0.2) is 35.4 Å². The average molecular weight is 359 g/mol. The molecule has 1 aromatic heterocycles. The summed E-state index contributed by atoms with van der Waals surface area (Å²) in [6.07, 6.45) is -6.25.